The number of halogens is 1. The van der Waals surface area contributed by atoms with Crippen LogP contribution in [0.2, 0.25) is 0 Å². The number of hydrogen-bond acceptors (Lipinski definition) is 4. The molecule has 0 aliphatic carbocycles. The molecule has 5 nitrogen and oxygen atoms in total. The van der Waals surface area contributed by atoms with Gasteiger partial charge in [-0.1, -0.05) is 6.07 Å². The van der Waals surface area contributed by atoms with Crippen molar-refractivity contribution < 1.29 is 13.6 Å². The number of nitrogens with two attached hydrogens (primary N) is 1. The minimum atomic E-state index is -0.451. The van der Waals surface area contributed by atoms with Gasteiger partial charge in [0.25, 0.3) is 5.91 Å². The van der Waals surface area contributed by atoms with E-state index in [1.807, 2.05) is 0 Å². The van der Waals surface area contributed by atoms with Crippen LogP contribution in [0.25, 0.3) is 0 Å². The molecular formula is C12H12FN3O2. The third kappa shape index (κ3) is 2.92. The van der Waals surface area contributed by atoms with Gasteiger partial charge in [0, 0.05) is 18.7 Å². The van der Waals surface area contributed by atoms with E-state index in [0.29, 0.717) is 24.5 Å². The predicted molar refractivity (Wildman–Crippen MR) is 63.6 cm³/mol. The van der Waals surface area contributed by atoms with Gasteiger partial charge in [-0.25, -0.2) is 9.37 Å². The number of nitrogens with zero attached hydrogens (tertiary/aromatic N) is 1. The Morgan fingerprint density at radius 1 is 1.50 bits per heavy atom. The first-order valence-electron chi connectivity index (χ1n) is 5.40. The van der Waals surface area contributed by atoms with Crippen molar-refractivity contribution in [3.63, 3.8) is 0 Å². The lowest BCUT2D eigenvalue weighted by Crippen LogP contribution is -2.12. The standard InChI is InChI=1S/C12H12FN3O2/c13-8-2-1-3-9(6-8)15-12(17)10-7-18-11(16-10)4-5-14/h1-3,6-7H,4-5,14H2,(H,15,17). The number of rotatable bonds is 4. The third-order valence-corrected chi connectivity index (χ3v) is 2.23. The Balaban J connectivity index is 2.07. The lowest BCUT2D eigenvalue weighted by molar-refractivity contribution is 0.102. The van der Waals surface area contributed by atoms with Crippen molar-refractivity contribution in [2.45, 2.75) is 6.42 Å². The molecule has 0 aliphatic rings. The molecule has 2 rings (SSSR count). The molecule has 1 aromatic carbocycles. The van der Waals surface area contributed by atoms with Crippen LogP contribution in [0.1, 0.15) is 16.4 Å². The zero-order valence-corrected chi connectivity index (χ0v) is 9.52. The molecule has 0 atom stereocenters. The summed E-state index contributed by atoms with van der Waals surface area (Å²) in [6, 6.07) is 5.61. The van der Waals surface area contributed by atoms with Crippen LogP contribution in [0.15, 0.2) is 34.9 Å². The fraction of sp³-hybridized carbons (Fsp3) is 0.167. The molecule has 18 heavy (non-hydrogen) atoms. The Bertz CT molecular complexity index is 554. The number of carbonyl (C=O) groups excluding carboxylic acids is 1. The molecule has 0 aliphatic heterocycles. The Morgan fingerprint density at radius 2 is 2.33 bits per heavy atom. The average molecular weight is 249 g/mol. The molecule has 0 saturated heterocycles. The van der Waals surface area contributed by atoms with Gasteiger partial charge >= 0.3 is 0 Å². The second-order valence-corrected chi connectivity index (χ2v) is 3.63. The van der Waals surface area contributed by atoms with E-state index in [0.717, 1.165) is 0 Å². The number of aromatic nitrogens is 1. The number of hydrogen-bond donors (Lipinski definition) is 2. The molecular weight excluding hydrogens is 237 g/mol. The summed E-state index contributed by atoms with van der Waals surface area (Å²) in [5, 5.41) is 2.52. The van der Waals surface area contributed by atoms with Gasteiger partial charge in [0.1, 0.15) is 12.1 Å². The molecule has 1 heterocycles. The van der Waals surface area contributed by atoms with Crippen molar-refractivity contribution in [1.29, 1.82) is 0 Å². The SMILES string of the molecule is NCCc1nc(C(=O)Nc2cccc(F)c2)co1. The summed E-state index contributed by atoms with van der Waals surface area (Å²) in [5.41, 5.74) is 5.85. The zero-order chi connectivity index (χ0) is 13.0. The highest BCUT2D eigenvalue weighted by Gasteiger charge is 2.12. The van der Waals surface area contributed by atoms with Crippen LogP contribution in [0.4, 0.5) is 10.1 Å². The summed E-state index contributed by atoms with van der Waals surface area (Å²) in [6.07, 6.45) is 1.72. The lowest BCUT2D eigenvalue weighted by Gasteiger charge is -2.01. The fourth-order valence-corrected chi connectivity index (χ4v) is 1.41. The summed E-state index contributed by atoms with van der Waals surface area (Å²) < 4.78 is 18.0. The highest BCUT2D eigenvalue weighted by molar-refractivity contribution is 6.02. The Kier molecular flexibility index (Phi) is 3.69. The minimum absolute atomic E-state index is 0.141. The first kappa shape index (κ1) is 12.3. The summed E-state index contributed by atoms with van der Waals surface area (Å²) >= 11 is 0. The van der Waals surface area contributed by atoms with Crippen molar-refractivity contribution in [3.05, 3.63) is 47.9 Å². The lowest BCUT2D eigenvalue weighted by atomic mass is 10.3. The van der Waals surface area contributed by atoms with Crippen LogP contribution >= 0.6 is 0 Å². The zero-order valence-electron chi connectivity index (χ0n) is 9.52. The molecule has 1 aromatic heterocycles. The van der Waals surface area contributed by atoms with Crippen molar-refractivity contribution in [2.75, 3.05) is 11.9 Å². The first-order valence-corrected chi connectivity index (χ1v) is 5.40. The van der Waals surface area contributed by atoms with E-state index in [4.69, 9.17) is 10.2 Å². The largest absolute Gasteiger partial charge is 0.448 e. The highest BCUT2D eigenvalue weighted by atomic mass is 19.1. The fourth-order valence-electron chi connectivity index (χ4n) is 1.41. The van der Waals surface area contributed by atoms with Gasteiger partial charge in [-0.15, -0.1) is 0 Å². The second kappa shape index (κ2) is 5.42. The number of carbonyl (C=O) groups is 1. The third-order valence-electron chi connectivity index (χ3n) is 2.23. The van der Waals surface area contributed by atoms with Gasteiger partial charge in [0.15, 0.2) is 11.6 Å². The Morgan fingerprint density at radius 3 is 3.06 bits per heavy atom. The Labute approximate surface area is 103 Å². The molecule has 0 fully saturated rings. The maximum absolute atomic E-state index is 12.9. The summed E-state index contributed by atoms with van der Waals surface area (Å²) in [7, 11) is 0. The maximum Gasteiger partial charge on any atom is 0.277 e. The second-order valence-electron chi connectivity index (χ2n) is 3.63. The van der Waals surface area contributed by atoms with Gasteiger partial charge in [-0.3, -0.25) is 4.79 Å². The maximum atomic E-state index is 12.9. The van der Waals surface area contributed by atoms with Crippen LogP contribution in [0.3, 0.4) is 0 Å². The topological polar surface area (TPSA) is 81.1 Å². The molecule has 0 radical (unpaired) electrons. The average Bonchev–Trinajstić information content (AvgIpc) is 2.78. The molecule has 0 bridgehead atoms. The van der Waals surface area contributed by atoms with Crippen LogP contribution in [0, 0.1) is 5.82 Å². The number of oxazole rings is 1. The van der Waals surface area contributed by atoms with Crippen molar-refractivity contribution >= 4 is 11.6 Å². The molecule has 1 amide bonds. The smallest absolute Gasteiger partial charge is 0.277 e. The monoisotopic (exact) mass is 249 g/mol. The summed E-state index contributed by atoms with van der Waals surface area (Å²) in [4.78, 5) is 15.7. The van der Waals surface area contributed by atoms with Crippen LogP contribution in [-0.4, -0.2) is 17.4 Å². The van der Waals surface area contributed by atoms with Gasteiger partial charge in [0.05, 0.1) is 0 Å². The van der Waals surface area contributed by atoms with Gasteiger partial charge in [-0.2, -0.15) is 0 Å². The van der Waals surface area contributed by atoms with Crippen molar-refractivity contribution in [2.24, 2.45) is 5.73 Å². The summed E-state index contributed by atoms with van der Waals surface area (Å²) in [6.45, 7) is 0.394. The van der Waals surface area contributed by atoms with Crippen molar-refractivity contribution in [1.82, 2.24) is 4.98 Å². The highest BCUT2D eigenvalue weighted by Crippen LogP contribution is 2.11. The molecule has 0 unspecified atom stereocenters. The predicted octanol–water partition coefficient (Wildman–Crippen LogP) is 1.57. The van der Waals surface area contributed by atoms with E-state index in [-0.39, 0.29) is 5.69 Å². The van der Waals surface area contributed by atoms with E-state index in [2.05, 4.69) is 10.3 Å². The molecule has 0 saturated carbocycles. The normalized spacial score (nSPS) is 10.3. The van der Waals surface area contributed by atoms with E-state index in [1.54, 1.807) is 6.07 Å². The quantitative estimate of drug-likeness (QED) is 0.861. The molecule has 6 heteroatoms. The van der Waals surface area contributed by atoms with Crippen LogP contribution < -0.4 is 11.1 Å². The molecule has 3 N–H and O–H groups in total. The van der Waals surface area contributed by atoms with Crippen molar-refractivity contribution in [3.8, 4) is 0 Å². The van der Waals surface area contributed by atoms with E-state index in [1.165, 1.54) is 24.5 Å². The van der Waals surface area contributed by atoms with E-state index >= 15 is 0 Å². The molecule has 0 spiro atoms. The molecule has 94 valence electrons. The van der Waals surface area contributed by atoms with E-state index in [9.17, 15) is 9.18 Å². The number of anilines is 1. The molecule has 2 aromatic rings. The Hall–Kier alpha value is -2.21. The van der Waals surface area contributed by atoms with Crippen LogP contribution in [-0.2, 0) is 6.42 Å². The van der Waals surface area contributed by atoms with Gasteiger partial charge in [0.2, 0.25) is 0 Å². The number of benzene rings is 1. The number of nitrogens with one attached hydrogen (secondary N) is 1. The minimum Gasteiger partial charge on any atom is -0.448 e. The first-order chi connectivity index (χ1) is 8.69. The van der Waals surface area contributed by atoms with Gasteiger partial charge in [-0.05, 0) is 18.2 Å². The van der Waals surface area contributed by atoms with Crippen LogP contribution in [0.5, 0.6) is 0 Å². The van der Waals surface area contributed by atoms with E-state index < -0.39 is 11.7 Å². The number of amides is 1. The summed E-state index contributed by atoms with van der Waals surface area (Å²) in [5.74, 6) is -0.466. The van der Waals surface area contributed by atoms with Gasteiger partial charge < -0.3 is 15.5 Å².